The van der Waals surface area contributed by atoms with Gasteiger partial charge in [-0.05, 0) is 12.3 Å². The molecular formula is C12H22O4. The predicted molar refractivity (Wildman–Crippen MR) is 58.8 cm³/mol. The Balaban J connectivity index is 1.91. The summed E-state index contributed by atoms with van der Waals surface area (Å²) in [6.45, 7) is 3.28. The van der Waals surface area contributed by atoms with Crippen LogP contribution >= 0.6 is 0 Å². The van der Waals surface area contributed by atoms with E-state index in [1.54, 1.807) is 0 Å². The molecule has 2 saturated heterocycles. The van der Waals surface area contributed by atoms with Crippen molar-refractivity contribution < 1.29 is 19.7 Å². The van der Waals surface area contributed by atoms with Crippen molar-refractivity contribution in [2.45, 2.75) is 44.5 Å². The fourth-order valence-corrected chi connectivity index (χ4v) is 2.53. The zero-order valence-corrected chi connectivity index (χ0v) is 9.89. The third-order valence-corrected chi connectivity index (χ3v) is 3.95. The zero-order chi connectivity index (χ0) is 11.6. The summed E-state index contributed by atoms with van der Waals surface area (Å²) in [4.78, 5) is 0. The zero-order valence-electron chi connectivity index (χ0n) is 9.89. The number of hydrogen-bond acceptors (Lipinski definition) is 4. The van der Waals surface area contributed by atoms with E-state index in [-0.39, 0.29) is 12.5 Å². The lowest BCUT2D eigenvalue weighted by Crippen LogP contribution is -2.51. The van der Waals surface area contributed by atoms with Crippen LogP contribution in [0.25, 0.3) is 0 Å². The SMILES string of the molecule is CCC1CCC2(C[C@@H](O)C(CO)CO2)OC1. The minimum Gasteiger partial charge on any atom is -0.396 e. The van der Waals surface area contributed by atoms with E-state index in [2.05, 4.69) is 6.92 Å². The molecule has 3 unspecified atom stereocenters. The highest BCUT2D eigenvalue weighted by Crippen LogP contribution is 2.38. The van der Waals surface area contributed by atoms with Crippen LogP contribution in [-0.2, 0) is 9.47 Å². The van der Waals surface area contributed by atoms with Crippen molar-refractivity contribution in [2.75, 3.05) is 19.8 Å². The molecule has 0 aromatic heterocycles. The summed E-state index contributed by atoms with van der Waals surface area (Å²) >= 11 is 0. The highest BCUT2D eigenvalue weighted by atomic mass is 16.7. The monoisotopic (exact) mass is 230 g/mol. The van der Waals surface area contributed by atoms with Gasteiger partial charge in [0.2, 0.25) is 0 Å². The van der Waals surface area contributed by atoms with E-state index in [0.29, 0.717) is 18.9 Å². The fraction of sp³-hybridized carbons (Fsp3) is 1.00. The first kappa shape index (κ1) is 12.3. The molecule has 16 heavy (non-hydrogen) atoms. The van der Waals surface area contributed by atoms with Crippen LogP contribution < -0.4 is 0 Å². The second kappa shape index (κ2) is 5.00. The quantitative estimate of drug-likeness (QED) is 0.740. The number of ether oxygens (including phenoxy) is 2. The molecule has 0 amide bonds. The van der Waals surface area contributed by atoms with Gasteiger partial charge < -0.3 is 19.7 Å². The summed E-state index contributed by atoms with van der Waals surface area (Å²) < 4.78 is 11.5. The molecule has 2 aliphatic heterocycles. The van der Waals surface area contributed by atoms with E-state index in [1.807, 2.05) is 0 Å². The first-order valence-corrected chi connectivity index (χ1v) is 6.26. The van der Waals surface area contributed by atoms with Gasteiger partial charge in [-0.15, -0.1) is 0 Å². The number of rotatable bonds is 2. The lowest BCUT2D eigenvalue weighted by molar-refractivity contribution is -0.307. The molecule has 0 saturated carbocycles. The van der Waals surface area contributed by atoms with Gasteiger partial charge in [-0.2, -0.15) is 0 Å². The Kier molecular flexibility index (Phi) is 3.85. The molecule has 2 aliphatic rings. The number of hydrogen-bond donors (Lipinski definition) is 2. The molecule has 94 valence electrons. The van der Waals surface area contributed by atoms with Gasteiger partial charge in [-0.25, -0.2) is 0 Å². The van der Waals surface area contributed by atoms with Crippen molar-refractivity contribution in [2.24, 2.45) is 11.8 Å². The third-order valence-electron chi connectivity index (χ3n) is 3.95. The highest BCUT2D eigenvalue weighted by molar-refractivity contribution is 4.87. The second-order valence-electron chi connectivity index (χ2n) is 5.06. The Bertz CT molecular complexity index is 218. The summed E-state index contributed by atoms with van der Waals surface area (Å²) in [6.07, 6.45) is 3.09. The predicted octanol–water partition coefficient (Wildman–Crippen LogP) is 0.909. The van der Waals surface area contributed by atoms with E-state index in [1.165, 1.54) is 0 Å². The van der Waals surface area contributed by atoms with Crippen LogP contribution in [0.2, 0.25) is 0 Å². The fourth-order valence-electron chi connectivity index (χ4n) is 2.53. The van der Waals surface area contributed by atoms with Crippen LogP contribution in [0.15, 0.2) is 0 Å². The van der Waals surface area contributed by atoms with Gasteiger partial charge >= 0.3 is 0 Å². The Morgan fingerprint density at radius 2 is 2.06 bits per heavy atom. The smallest absolute Gasteiger partial charge is 0.170 e. The summed E-state index contributed by atoms with van der Waals surface area (Å²) in [6, 6.07) is 0. The van der Waals surface area contributed by atoms with Crippen molar-refractivity contribution in [1.29, 1.82) is 0 Å². The molecule has 0 aromatic carbocycles. The molecule has 2 fully saturated rings. The maximum absolute atomic E-state index is 9.89. The van der Waals surface area contributed by atoms with E-state index in [9.17, 15) is 5.11 Å². The summed E-state index contributed by atoms with van der Waals surface area (Å²) in [5.41, 5.74) is 0. The summed E-state index contributed by atoms with van der Waals surface area (Å²) in [5.74, 6) is -0.100. The maximum Gasteiger partial charge on any atom is 0.170 e. The minimum absolute atomic E-state index is 0.0190. The molecule has 0 radical (unpaired) electrons. The van der Waals surface area contributed by atoms with Crippen LogP contribution in [0, 0.1) is 11.8 Å². The van der Waals surface area contributed by atoms with E-state index >= 15 is 0 Å². The summed E-state index contributed by atoms with van der Waals surface area (Å²) in [7, 11) is 0. The Morgan fingerprint density at radius 1 is 1.31 bits per heavy atom. The molecule has 2 N–H and O–H groups in total. The van der Waals surface area contributed by atoms with E-state index < -0.39 is 11.9 Å². The molecule has 2 heterocycles. The molecule has 0 aliphatic carbocycles. The van der Waals surface area contributed by atoms with Crippen LogP contribution in [0.1, 0.15) is 32.6 Å². The molecule has 1 spiro atoms. The maximum atomic E-state index is 9.89. The van der Waals surface area contributed by atoms with Crippen LogP contribution in [0.4, 0.5) is 0 Å². The molecular weight excluding hydrogens is 208 g/mol. The van der Waals surface area contributed by atoms with Gasteiger partial charge in [0.1, 0.15) is 0 Å². The molecule has 4 atom stereocenters. The van der Waals surface area contributed by atoms with Gasteiger partial charge in [0.15, 0.2) is 5.79 Å². The minimum atomic E-state index is -0.573. The van der Waals surface area contributed by atoms with Crippen LogP contribution in [0.3, 0.4) is 0 Å². The standard InChI is InChI=1S/C12H22O4/c1-2-9-3-4-12(15-7-9)5-11(14)10(6-13)8-16-12/h9-11,13-14H,2-8H2,1H3/t9?,10?,11-,12?/m1/s1. The Hall–Kier alpha value is -0.160. The number of aliphatic hydroxyl groups is 2. The first-order chi connectivity index (χ1) is 7.69. The van der Waals surface area contributed by atoms with Gasteiger partial charge in [0, 0.05) is 18.8 Å². The lowest BCUT2D eigenvalue weighted by Gasteiger charge is -2.45. The van der Waals surface area contributed by atoms with Crippen molar-refractivity contribution in [3.63, 3.8) is 0 Å². The van der Waals surface area contributed by atoms with E-state index in [0.717, 1.165) is 25.9 Å². The van der Waals surface area contributed by atoms with Gasteiger partial charge in [0.25, 0.3) is 0 Å². The average Bonchev–Trinajstić information content (AvgIpc) is 2.30. The molecule has 2 rings (SSSR count). The molecule has 4 heteroatoms. The third kappa shape index (κ3) is 2.40. The molecule has 0 bridgehead atoms. The largest absolute Gasteiger partial charge is 0.396 e. The second-order valence-corrected chi connectivity index (χ2v) is 5.06. The van der Waals surface area contributed by atoms with Crippen molar-refractivity contribution >= 4 is 0 Å². The van der Waals surface area contributed by atoms with E-state index in [4.69, 9.17) is 14.6 Å². The lowest BCUT2D eigenvalue weighted by atomic mass is 9.86. The van der Waals surface area contributed by atoms with Gasteiger partial charge in [-0.1, -0.05) is 13.3 Å². The first-order valence-electron chi connectivity index (χ1n) is 6.26. The van der Waals surface area contributed by atoms with Crippen LogP contribution in [0.5, 0.6) is 0 Å². The highest BCUT2D eigenvalue weighted by Gasteiger charge is 2.44. The van der Waals surface area contributed by atoms with Crippen molar-refractivity contribution in [3.05, 3.63) is 0 Å². The summed E-state index contributed by atoms with van der Waals surface area (Å²) in [5, 5.41) is 18.9. The molecule has 4 nitrogen and oxygen atoms in total. The molecule has 0 aromatic rings. The van der Waals surface area contributed by atoms with Gasteiger partial charge in [0.05, 0.1) is 25.9 Å². The number of aliphatic hydroxyl groups excluding tert-OH is 2. The average molecular weight is 230 g/mol. The van der Waals surface area contributed by atoms with Crippen LogP contribution in [-0.4, -0.2) is 41.9 Å². The normalized spacial score (nSPS) is 44.8. The topological polar surface area (TPSA) is 58.9 Å². The van der Waals surface area contributed by atoms with Crippen molar-refractivity contribution in [1.82, 2.24) is 0 Å². The Labute approximate surface area is 96.6 Å². The van der Waals surface area contributed by atoms with Gasteiger partial charge in [-0.3, -0.25) is 0 Å². The van der Waals surface area contributed by atoms with Crippen molar-refractivity contribution in [3.8, 4) is 0 Å². The Morgan fingerprint density at radius 3 is 2.56 bits per heavy atom.